The standard InChI is InChI=1S/C15H21N5O2/c1-9-12-7-11(8-16-14(12)20(3)19-9)18-15(21)17-10(2)13-5-4-6-22-13/h7-8,10,13H,4-6H2,1-3H3,(H2,17,18,21)/t10-,13-/m1/s1. The summed E-state index contributed by atoms with van der Waals surface area (Å²) in [6, 6.07) is 1.63. The van der Waals surface area contributed by atoms with Gasteiger partial charge >= 0.3 is 6.03 Å². The third kappa shape index (κ3) is 2.89. The van der Waals surface area contributed by atoms with Crippen molar-refractivity contribution in [2.75, 3.05) is 11.9 Å². The van der Waals surface area contributed by atoms with Crippen molar-refractivity contribution in [2.24, 2.45) is 7.05 Å². The second-order valence-electron chi connectivity index (χ2n) is 5.74. The minimum atomic E-state index is -0.245. The largest absolute Gasteiger partial charge is 0.376 e. The van der Waals surface area contributed by atoms with Crippen LogP contribution in [0.3, 0.4) is 0 Å². The molecule has 1 aliphatic heterocycles. The second-order valence-corrected chi connectivity index (χ2v) is 5.74. The summed E-state index contributed by atoms with van der Waals surface area (Å²) in [6.07, 6.45) is 3.79. The molecule has 2 aromatic heterocycles. The molecule has 3 rings (SSSR count). The Bertz CT molecular complexity index is 691. The molecule has 7 heteroatoms. The lowest BCUT2D eigenvalue weighted by atomic mass is 10.1. The number of urea groups is 1. The maximum absolute atomic E-state index is 12.1. The number of nitrogens with zero attached hydrogens (tertiary/aromatic N) is 3. The van der Waals surface area contributed by atoms with Gasteiger partial charge in [0.25, 0.3) is 0 Å². The minimum absolute atomic E-state index is 0.0145. The number of fused-ring (bicyclic) bond motifs is 1. The highest BCUT2D eigenvalue weighted by molar-refractivity contribution is 5.92. The average Bonchev–Trinajstić information content (AvgIpc) is 3.08. The fraction of sp³-hybridized carbons (Fsp3) is 0.533. The summed E-state index contributed by atoms with van der Waals surface area (Å²) in [7, 11) is 1.85. The van der Waals surface area contributed by atoms with Crippen LogP contribution in [0.4, 0.5) is 10.5 Å². The zero-order valence-corrected chi connectivity index (χ0v) is 13.1. The summed E-state index contributed by atoms with van der Waals surface area (Å²) < 4.78 is 7.31. The normalized spacial score (nSPS) is 19.3. The van der Waals surface area contributed by atoms with E-state index in [-0.39, 0.29) is 18.2 Å². The highest BCUT2D eigenvalue weighted by Crippen LogP contribution is 2.19. The molecular formula is C15H21N5O2. The summed E-state index contributed by atoms with van der Waals surface area (Å²) in [5, 5.41) is 11.0. The van der Waals surface area contributed by atoms with E-state index in [1.54, 1.807) is 10.9 Å². The molecule has 2 atom stereocenters. The van der Waals surface area contributed by atoms with E-state index in [0.29, 0.717) is 5.69 Å². The van der Waals surface area contributed by atoms with Gasteiger partial charge in [-0.15, -0.1) is 0 Å². The predicted octanol–water partition coefficient (Wildman–Crippen LogP) is 1.97. The Morgan fingerprint density at radius 3 is 3.09 bits per heavy atom. The van der Waals surface area contributed by atoms with Crippen LogP contribution in [0, 0.1) is 6.92 Å². The number of pyridine rings is 1. The van der Waals surface area contributed by atoms with Crippen molar-refractivity contribution in [3.63, 3.8) is 0 Å². The van der Waals surface area contributed by atoms with Gasteiger partial charge in [-0.05, 0) is 32.8 Å². The number of hydrogen-bond acceptors (Lipinski definition) is 4. The van der Waals surface area contributed by atoms with Crippen LogP contribution in [0.1, 0.15) is 25.5 Å². The number of rotatable bonds is 3. The predicted molar refractivity (Wildman–Crippen MR) is 83.8 cm³/mol. The number of nitrogens with one attached hydrogen (secondary N) is 2. The van der Waals surface area contributed by atoms with Gasteiger partial charge in [-0.1, -0.05) is 0 Å². The van der Waals surface area contributed by atoms with Crippen molar-refractivity contribution in [3.8, 4) is 0 Å². The first-order valence-corrected chi connectivity index (χ1v) is 7.53. The minimum Gasteiger partial charge on any atom is -0.376 e. The fourth-order valence-corrected chi connectivity index (χ4v) is 2.84. The summed E-state index contributed by atoms with van der Waals surface area (Å²) in [4.78, 5) is 16.4. The summed E-state index contributed by atoms with van der Waals surface area (Å²) >= 11 is 0. The van der Waals surface area contributed by atoms with Crippen LogP contribution < -0.4 is 10.6 Å². The van der Waals surface area contributed by atoms with Crippen LogP contribution in [0.15, 0.2) is 12.3 Å². The lowest BCUT2D eigenvalue weighted by molar-refractivity contribution is 0.0868. The van der Waals surface area contributed by atoms with Crippen LogP contribution in [0.25, 0.3) is 11.0 Å². The van der Waals surface area contributed by atoms with E-state index in [1.165, 1.54) is 0 Å². The van der Waals surface area contributed by atoms with Crippen LogP contribution >= 0.6 is 0 Å². The van der Waals surface area contributed by atoms with Gasteiger partial charge in [-0.2, -0.15) is 5.10 Å². The molecule has 3 heterocycles. The summed E-state index contributed by atoms with van der Waals surface area (Å²) in [5.41, 5.74) is 2.35. The SMILES string of the molecule is Cc1nn(C)c2ncc(NC(=O)N[C@H](C)[C@H]3CCCO3)cc12. The molecule has 0 spiro atoms. The number of aromatic nitrogens is 3. The third-order valence-corrected chi connectivity index (χ3v) is 4.00. The molecule has 2 aromatic rings. The van der Waals surface area contributed by atoms with Gasteiger partial charge in [0, 0.05) is 19.0 Å². The molecule has 1 saturated heterocycles. The molecule has 0 bridgehead atoms. The lowest BCUT2D eigenvalue weighted by Crippen LogP contribution is -2.42. The molecule has 0 unspecified atom stereocenters. The van der Waals surface area contributed by atoms with Gasteiger partial charge in [-0.3, -0.25) is 4.68 Å². The summed E-state index contributed by atoms with van der Waals surface area (Å²) in [6.45, 7) is 4.66. The quantitative estimate of drug-likeness (QED) is 0.908. The molecule has 0 radical (unpaired) electrons. The first kappa shape index (κ1) is 14.8. The second kappa shape index (κ2) is 5.92. The Labute approximate surface area is 129 Å². The Kier molecular flexibility index (Phi) is 3.98. The molecule has 1 aliphatic rings. The van der Waals surface area contributed by atoms with E-state index in [9.17, 15) is 4.79 Å². The van der Waals surface area contributed by atoms with Gasteiger partial charge in [0.05, 0.1) is 29.7 Å². The topological polar surface area (TPSA) is 81.1 Å². The molecule has 2 N–H and O–H groups in total. The lowest BCUT2D eigenvalue weighted by Gasteiger charge is -2.20. The first-order valence-electron chi connectivity index (χ1n) is 7.53. The van der Waals surface area contributed by atoms with E-state index in [2.05, 4.69) is 20.7 Å². The van der Waals surface area contributed by atoms with Crippen LogP contribution in [0.5, 0.6) is 0 Å². The average molecular weight is 303 g/mol. The van der Waals surface area contributed by atoms with Gasteiger partial charge in [-0.25, -0.2) is 9.78 Å². The summed E-state index contributed by atoms with van der Waals surface area (Å²) in [5.74, 6) is 0. The van der Waals surface area contributed by atoms with Crippen molar-refractivity contribution < 1.29 is 9.53 Å². The maximum Gasteiger partial charge on any atom is 0.319 e. The number of carbonyl (C=O) groups is 1. The van der Waals surface area contributed by atoms with Crippen LogP contribution in [0.2, 0.25) is 0 Å². The maximum atomic E-state index is 12.1. The van der Waals surface area contributed by atoms with Crippen molar-refractivity contribution in [2.45, 2.75) is 38.8 Å². The molecule has 7 nitrogen and oxygen atoms in total. The molecule has 0 saturated carbocycles. The number of ether oxygens (including phenoxy) is 1. The molecule has 0 aromatic carbocycles. The molecular weight excluding hydrogens is 282 g/mol. The van der Waals surface area contributed by atoms with Gasteiger partial charge in [0.2, 0.25) is 0 Å². The Morgan fingerprint density at radius 2 is 2.36 bits per heavy atom. The van der Waals surface area contributed by atoms with Gasteiger partial charge < -0.3 is 15.4 Å². The number of carbonyl (C=O) groups excluding carboxylic acids is 1. The van der Waals surface area contributed by atoms with Crippen molar-refractivity contribution in [1.82, 2.24) is 20.1 Å². The zero-order valence-electron chi connectivity index (χ0n) is 13.1. The van der Waals surface area contributed by atoms with Crippen molar-refractivity contribution in [3.05, 3.63) is 18.0 Å². The Balaban J connectivity index is 1.67. The highest BCUT2D eigenvalue weighted by atomic mass is 16.5. The van der Waals surface area contributed by atoms with E-state index in [0.717, 1.165) is 36.2 Å². The van der Waals surface area contributed by atoms with Crippen molar-refractivity contribution >= 4 is 22.8 Å². The monoisotopic (exact) mass is 303 g/mol. The molecule has 118 valence electrons. The highest BCUT2D eigenvalue weighted by Gasteiger charge is 2.23. The Morgan fingerprint density at radius 1 is 1.55 bits per heavy atom. The number of hydrogen-bond donors (Lipinski definition) is 2. The van der Waals surface area contributed by atoms with Crippen LogP contribution in [-0.2, 0) is 11.8 Å². The van der Waals surface area contributed by atoms with E-state index in [1.807, 2.05) is 27.0 Å². The van der Waals surface area contributed by atoms with Crippen molar-refractivity contribution in [1.29, 1.82) is 0 Å². The Hall–Kier alpha value is -2.15. The van der Waals surface area contributed by atoms with E-state index >= 15 is 0 Å². The molecule has 22 heavy (non-hydrogen) atoms. The number of aryl methyl sites for hydroxylation is 2. The van der Waals surface area contributed by atoms with Crippen LogP contribution in [-0.4, -0.2) is 39.5 Å². The van der Waals surface area contributed by atoms with E-state index in [4.69, 9.17) is 4.74 Å². The fourth-order valence-electron chi connectivity index (χ4n) is 2.84. The molecule has 0 aliphatic carbocycles. The molecule has 1 fully saturated rings. The van der Waals surface area contributed by atoms with Gasteiger partial charge in [0.1, 0.15) is 0 Å². The van der Waals surface area contributed by atoms with Gasteiger partial charge in [0.15, 0.2) is 5.65 Å². The number of amides is 2. The third-order valence-electron chi connectivity index (χ3n) is 4.00. The zero-order chi connectivity index (χ0) is 15.7. The first-order chi connectivity index (χ1) is 10.5. The molecule has 2 amide bonds. The smallest absolute Gasteiger partial charge is 0.319 e. The van der Waals surface area contributed by atoms with E-state index < -0.39 is 0 Å². The number of anilines is 1.